The average molecular weight is 1090 g/mol. The van der Waals surface area contributed by atoms with Crippen molar-refractivity contribution in [3.63, 3.8) is 0 Å². The number of hydrogen-bond donors (Lipinski definition) is 6. The van der Waals surface area contributed by atoms with Crippen LogP contribution in [0.4, 0.5) is 0 Å². The number of likely N-dealkylation sites (N-methyl/N-ethyl adjacent to an activating group) is 1. The molecule has 0 radical (unpaired) electrons. The van der Waals surface area contributed by atoms with Crippen molar-refractivity contribution in [1.82, 2.24) is 15.1 Å². The summed E-state index contributed by atoms with van der Waals surface area (Å²) in [6.45, 7) is 12.5. The Kier molecular flexibility index (Phi) is 26.1. The third kappa shape index (κ3) is 16.5. The molecule has 2 aromatic carbocycles. The zero-order chi connectivity index (χ0) is 56.3. The van der Waals surface area contributed by atoms with Gasteiger partial charge in [0.15, 0.2) is 23.6 Å². The maximum absolute atomic E-state index is 13.7. The van der Waals surface area contributed by atoms with E-state index in [1.807, 2.05) is 20.9 Å². The Morgan fingerprint density at radius 1 is 0.974 bits per heavy atom. The zero-order valence-electron chi connectivity index (χ0n) is 45.8. The average Bonchev–Trinajstić information content (AvgIpc) is 3.44. The molecule has 1 saturated carbocycles. The number of hydrogen-bond acceptors (Lipinski definition) is 19. The summed E-state index contributed by atoms with van der Waals surface area (Å²) in [5.41, 5.74) is 4.98. The molecule has 2 amide bonds. The zero-order valence-corrected chi connectivity index (χ0v) is 46.6. The predicted molar refractivity (Wildman–Crippen MR) is 288 cm³/mol. The number of aldehydes is 1. The summed E-state index contributed by atoms with van der Waals surface area (Å²) in [6.07, 6.45) is 7.97. The number of ketones is 4. The van der Waals surface area contributed by atoms with E-state index in [1.165, 1.54) is 30.9 Å². The highest BCUT2D eigenvalue weighted by atomic mass is 32.2. The Labute approximate surface area is 452 Å². The summed E-state index contributed by atoms with van der Waals surface area (Å²) in [4.78, 5) is 90.1. The van der Waals surface area contributed by atoms with Crippen molar-refractivity contribution in [2.75, 3.05) is 66.4 Å². The van der Waals surface area contributed by atoms with Gasteiger partial charge in [0.25, 0.3) is 0 Å². The van der Waals surface area contributed by atoms with Crippen LogP contribution in [0, 0.1) is 17.8 Å². The molecule has 19 nitrogen and oxygen atoms in total. The quantitative estimate of drug-likeness (QED) is 0.0467. The molecule has 2 aromatic rings. The monoisotopic (exact) mass is 1080 g/mol. The smallest absolute Gasteiger partial charge is 0.230 e. The minimum atomic E-state index is -0.960. The van der Waals surface area contributed by atoms with Gasteiger partial charge in [-0.3, -0.25) is 39.0 Å². The number of benzene rings is 2. The van der Waals surface area contributed by atoms with E-state index in [-0.39, 0.29) is 106 Å². The van der Waals surface area contributed by atoms with Gasteiger partial charge in [-0.05, 0) is 77.3 Å². The summed E-state index contributed by atoms with van der Waals surface area (Å²) >= 11 is 1.57. The molecule has 424 valence electrons. The third-order valence-corrected chi connectivity index (χ3v) is 16.1. The van der Waals surface area contributed by atoms with Crippen LogP contribution in [0.1, 0.15) is 161 Å². The maximum Gasteiger partial charge on any atom is 0.230 e. The van der Waals surface area contributed by atoms with E-state index in [9.17, 15) is 48.9 Å². The largest absolute Gasteiger partial charge is 0.507 e. The topological polar surface area (TPSA) is 282 Å². The number of phenolic OH excluding ortho intramolecular Hbond substituents is 2. The Balaban J connectivity index is 0.000000326. The summed E-state index contributed by atoms with van der Waals surface area (Å²) in [5, 5.41) is 43.1. The molecule has 7 rings (SSSR count). The number of ether oxygens (including phenoxy) is 4. The highest BCUT2D eigenvalue weighted by molar-refractivity contribution is 7.99. The van der Waals surface area contributed by atoms with Crippen LogP contribution in [0.5, 0.6) is 17.2 Å². The van der Waals surface area contributed by atoms with E-state index in [4.69, 9.17) is 29.8 Å². The van der Waals surface area contributed by atoms with Crippen molar-refractivity contribution in [3.05, 3.63) is 51.6 Å². The van der Waals surface area contributed by atoms with Gasteiger partial charge < -0.3 is 54.8 Å². The highest BCUT2D eigenvalue weighted by Crippen LogP contribution is 2.52. The number of aromatic hydroxyl groups is 2. The van der Waals surface area contributed by atoms with Crippen molar-refractivity contribution in [1.29, 1.82) is 0 Å². The van der Waals surface area contributed by atoms with E-state index in [0.717, 1.165) is 58.7 Å². The molecule has 2 heterocycles. The minimum absolute atomic E-state index is 0.000863. The Hall–Kier alpha value is -4.64. The number of aliphatic hydroxyl groups is 2. The number of rotatable bonds is 20. The molecule has 5 aliphatic rings. The number of fused-ring (bicyclic) bond motifs is 3. The van der Waals surface area contributed by atoms with Gasteiger partial charge in [-0.1, -0.05) is 52.7 Å². The standard InChI is InChI=1S/C31H36N2O10.C20H34N2O4S.C4H10.CH4O/c1-33-9-8-32-22(12-33)42-16-6-7-23(41-14-16)43-21-11-15(19(35)13-34)10-18-25(21)31(39)27-26(29(18)37)28(36)17-4-3-5-20(40-2)24(17)30(27)38;1-4-20(3,21)19(26)17-8-6-16(7-9-17)13-22(14-24)18(25)12-15(2)27-11-5-10-23;1-3-4-2;1-2/h3-5,15-16,21-23,32,34,37,39H,6-14H2,1-2H3;10,14-17H,4-9,11-13,21H2,1-3H3;3-4H2,1-2H3;2H,1H3/t15?,16-,21-,22+,23-;;;/m0.../s1. The number of amides is 2. The normalized spacial score (nSPS) is 24.1. The fourth-order valence-electron chi connectivity index (χ4n) is 10.1. The first kappa shape index (κ1) is 63.9. The number of imide groups is 1. The van der Waals surface area contributed by atoms with E-state index < -0.39 is 59.3 Å². The second-order valence-electron chi connectivity index (χ2n) is 20.4. The van der Waals surface area contributed by atoms with Crippen LogP contribution in [0.15, 0.2) is 18.2 Å². The molecule has 7 atom stereocenters. The first-order valence-corrected chi connectivity index (χ1v) is 27.9. The first-order chi connectivity index (χ1) is 36.4. The maximum atomic E-state index is 13.7. The highest BCUT2D eigenvalue weighted by Gasteiger charge is 2.45. The van der Waals surface area contributed by atoms with E-state index in [2.05, 4.69) is 24.1 Å². The summed E-state index contributed by atoms with van der Waals surface area (Å²) < 4.78 is 23.8. The van der Waals surface area contributed by atoms with Gasteiger partial charge in [-0.2, -0.15) is 11.8 Å². The molecule has 0 bridgehead atoms. The number of unbranched alkanes of at least 4 members (excludes halogenated alkanes) is 1. The molecule has 2 aliphatic heterocycles. The van der Waals surface area contributed by atoms with Crippen LogP contribution in [0.3, 0.4) is 0 Å². The Morgan fingerprint density at radius 2 is 1.66 bits per heavy atom. The minimum Gasteiger partial charge on any atom is -0.507 e. The summed E-state index contributed by atoms with van der Waals surface area (Å²) in [6, 6.07) is 4.56. The summed E-state index contributed by atoms with van der Waals surface area (Å²) in [5.74, 6) is -2.44. The van der Waals surface area contributed by atoms with E-state index in [0.29, 0.717) is 44.4 Å². The second-order valence-corrected chi connectivity index (χ2v) is 22.0. The molecule has 0 aromatic heterocycles. The van der Waals surface area contributed by atoms with Crippen LogP contribution in [-0.2, 0) is 44.6 Å². The number of piperazine rings is 1. The fraction of sp³-hybridized carbons (Fsp3) is 0.661. The molecule has 3 unspecified atom stereocenters. The van der Waals surface area contributed by atoms with Gasteiger partial charge in [0.2, 0.25) is 18.1 Å². The molecule has 20 heteroatoms. The number of methoxy groups -OCH3 is 1. The molecule has 2 saturated heterocycles. The van der Waals surface area contributed by atoms with Gasteiger partial charge in [-0.15, -0.1) is 0 Å². The first-order valence-electron chi connectivity index (χ1n) is 26.8. The van der Waals surface area contributed by atoms with Crippen LogP contribution in [-0.4, -0.2) is 168 Å². The lowest BCUT2D eigenvalue weighted by molar-refractivity contribution is -0.227. The summed E-state index contributed by atoms with van der Waals surface area (Å²) in [7, 11) is 4.41. The molecular formula is C56H84N4O15S. The number of nitrogens with zero attached hydrogens (tertiary/aromatic N) is 2. The number of phenols is 2. The second kappa shape index (κ2) is 31.1. The van der Waals surface area contributed by atoms with Gasteiger partial charge in [0.05, 0.1) is 48.2 Å². The van der Waals surface area contributed by atoms with Gasteiger partial charge in [0, 0.05) is 92.1 Å². The van der Waals surface area contributed by atoms with Gasteiger partial charge >= 0.3 is 0 Å². The van der Waals surface area contributed by atoms with Crippen molar-refractivity contribution in [3.8, 4) is 17.2 Å². The van der Waals surface area contributed by atoms with Crippen LogP contribution < -0.4 is 15.8 Å². The van der Waals surface area contributed by atoms with E-state index >= 15 is 0 Å². The fourth-order valence-corrected chi connectivity index (χ4v) is 11.0. The lowest BCUT2D eigenvalue weighted by atomic mass is 9.73. The number of carbonyl (C=O) groups excluding carboxylic acids is 7. The molecule has 76 heavy (non-hydrogen) atoms. The number of carbonyl (C=O) groups is 7. The SMILES string of the molecule is CCC(C)(N)C(=O)C1CCC(CN(C=O)C(=O)CC(C)SCCC=O)CC1.CCCC.CO.COc1cccc2c1C(=O)c1c(O)c3c(c(O)c1C2=O)CC(C(=O)CO)C[C@@H]3O[C@H]1CC[C@H](O[C@@H]2CN(C)CCN2)CO1. The van der Waals surface area contributed by atoms with Crippen molar-refractivity contribution >= 4 is 53.5 Å². The van der Waals surface area contributed by atoms with Crippen LogP contribution in [0.25, 0.3) is 0 Å². The van der Waals surface area contributed by atoms with Crippen LogP contribution >= 0.6 is 11.8 Å². The lowest BCUT2D eigenvalue weighted by Crippen LogP contribution is -2.52. The van der Waals surface area contributed by atoms with Crippen molar-refractivity contribution < 1.29 is 72.9 Å². The Morgan fingerprint density at radius 3 is 2.24 bits per heavy atom. The number of thioether (sulfide) groups is 1. The number of aliphatic hydroxyl groups excluding tert-OH is 2. The number of nitrogens with two attached hydrogens (primary N) is 1. The van der Waals surface area contributed by atoms with Gasteiger partial charge in [-0.25, -0.2) is 0 Å². The predicted octanol–water partition coefficient (Wildman–Crippen LogP) is 5.44. The lowest BCUT2D eigenvalue weighted by Gasteiger charge is -2.38. The molecule has 3 fully saturated rings. The molecule has 7 N–H and O–H groups in total. The van der Waals surface area contributed by atoms with Crippen LogP contribution in [0.2, 0.25) is 0 Å². The molecular weight excluding hydrogens is 1000 g/mol. The molecule has 0 spiro atoms. The van der Waals surface area contributed by atoms with Crippen molar-refractivity contribution in [2.45, 2.75) is 154 Å². The third-order valence-electron chi connectivity index (χ3n) is 14.9. The van der Waals surface area contributed by atoms with E-state index in [1.54, 1.807) is 30.8 Å². The molecule has 3 aliphatic carbocycles. The van der Waals surface area contributed by atoms with Gasteiger partial charge in [0.1, 0.15) is 36.4 Å². The number of nitrogens with one attached hydrogen (secondary N) is 1. The van der Waals surface area contributed by atoms with Crippen molar-refractivity contribution in [2.24, 2.45) is 23.5 Å². The number of Topliss-reactive ketones (excluding diaryl/α,β-unsaturated/α-hetero) is 2. The Bertz CT molecular complexity index is 2280.